The van der Waals surface area contributed by atoms with Gasteiger partial charge in [0, 0.05) is 19.6 Å². The molecule has 0 saturated heterocycles. The first-order valence-electron chi connectivity index (χ1n) is 8.56. The molecule has 0 radical (unpaired) electrons. The minimum absolute atomic E-state index is 0.0156. The van der Waals surface area contributed by atoms with Gasteiger partial charge in [-0.3, -0.25) is 4.90 Å². The average molecular weight is 342 g/mol. The summed E-state index contributed by atoms with van der Waals surface area (Å²) in [7, 11) is 0. The molecule has 5 heteroatoms. The summed E-state index contributed by atoms with van der Waals surface area (Å²) in [6.45, 7) is 3.36. The highest BCUT2D eigenvalue weighted by molar-refractivity contribution is 5.64. The Morgan fingerprint density at radius 1 is 1.04 bits per heavy atom. The molecule has 0 aliphatic carbocycles. The van der Waals surface area contributed by atoms with E-state index in [1.807, 2.05) is 36.4 Å². The van der Waals surface area contributed by atoms with Crippen molar-refractivity contribution in [1.29, 1.82) is 0 Å². The molecule has 0 fully saturated rings. The zero-order valence-electron chi connectivity index (χ0n) is 14.5. The van der Waals surface area contributed by atoms with E-state index in [9.17, 15) is 9.90 Å². The standard InChI is InChI=1S/C20H26N2O3/c1-16(23)15-22(14-8-13-21-20(24)25)19(17-9-4-2-5-10-17)18-11-6-3-7-12-18/h2-7,9-12,16,19,21,23H,8,13-15H2,1H3,(H,24,25). The largest absolute Gasteiger partial charge is 0.465 e. The number of aliphatic hydroxyl groups is 1. The van der Waals surface area contributed by atoms with E-state index in [0.29, 0.717) is 26.1 Å². The fourth-order valence-electron chi connectivity index (χ4n) is 3.03. The maximum atomic E-state index is 10.6. The van der Waals surface area contributed by atoms with E-state index in [1.54, 1.807) is 6.92 Å². The molecule has 0 aliphatic heterocycles. The number of hydrogen-bond acceptors (Lipinski definition) is 3. The van der Waals surface area contributed by atoms with Crippen LogP contribution in [0.3, 0.4) is 0 Å². The van der Waals surface area contributed by atoms with Gasteiger partial charge >= 0.3 is 6.09 Å². The molecule has 2 aromatic carbocycles. The van der Waals surface area contributed by atoms with Crippen molar-refractivity contribution >= 4 is 6.09 Å². The van der Waals surface area contributed by atoms with E-state index >= 15 is 0 Å². The van der Waals surface area contributed by atoms with E-state index in [-0.39, 0.29) is 6.04 Å². The van der Waals surface area contributed by atoms with Gasteiger partial charge in [0.2, 0.25) is 0 Å². The number of amides is 1. The zero-order valence-corrected chi connectivity index (χ0v) is 14.5. The molecule has 1 unspecified atom stereocenters. The van der Waals surface area contributed by atoms with Crippen molar-refractivity contribution < 1.29 is 15.0 Å². The molecule has 0 aromatic heterocycles. The summed E-state index contributed by atoms with van der Waals surface area (Å²) in [5.74, 6) is 0. The second-order valence-electron chi connectivity index (χ2n) is 6.15. The maximum absolute atomic E-state index is 10.6. The van der Waals surface area contributed by atoms with Crippen LogP contribution in [0.4, 0.5) is 4.79 Å². The minimum atomic E-state index is -1.01. The van der Waals surface area contributed by atoms with Crippen LogP contribution in [0, 0.1) is 0 Å². The molecule has 0 heterocycles. The molecule has 0 bridgehead atoms. The number of aliphatic hydroxyl groups excluding tert-OH is 1. The summed E-state index contributed by atoms with van der Waals surface area (Å²) in [6.07, 6.45) is -0.804. The first-order chi connectivity index (χ1) is 12.1. The van der Waals surface area contributed by atoms with Gasteiger partial charge < -0.3 is 15.5 Å². The van der Waals surface area contributed by atoms with Crippen molar-refractivity contribution in [2.75, 3.05) is 19.6 Å². The lowest BCUT2D eigenvalue weighted by Gasteiger charge is -2.33. The van der Waals surface area contributed by atoms with Gasteiger partial charge in [-0.25, -0.2) is 4.79 Å². The van der Waals surface area contributed by atoms with E-state index < -0.39 is 12.2 Å². The quantitative estimate of drug-likeness (QED) is 0.612. The maximum Gasteiger partial charge on any atom is 0.404 e. The van der Waals surface area contributed by atoms with Crippen molar-refractivity contribution in [1.82, 2.24) is 10.2 Å². The molecule has 0 spiro atoms. The third-order valence-electron chi connectivity index (χ3n) is 3.99. The number of benzene rings is 2. The van der Waals surface area contributed by atoms with Gasteiger partial charge in [-0.15, -0.1) is 0 Å². The van der Waals surface area contributed by atoms with Gasteiger partial charge in [0.15, 0.2) is 0 Å². The van der Waals surface area contributed by atoms with Crippen LogP contribution in [0.25, 0.3) is 0 Å². The molecule has 2 aromatic rings. The average Bonchev–Trinajstić information content (AvgIpc) is 2.60. The Hall–Kier alpha value is -2.37. The topological polar surface area (TPSA) is 72.8 Å². The van der Waals surface area contributed by atoms with Crippen molar-refractivity contribution in [3.05, 3.63) is 71.8 Å². The summed E-state index contributed by atoms with van der Waals surface area (Å²) in [5.41, 5.74) is 2.31. The Kier molecular flexibility index (Phi) is 7.44. The van der Waals surface area contributed by atoms with Gasteiger partial charge in [0.25, 0.3) is 0 Å². The fraction of sp³-hybridized carbons (Fsp3) is 0.350. The van der Waals surface area contributed by atoms with Crippen LogP contribution in [0.1, 0.15) is 30.5 Å². The van der Waals surface area contributed by atoms with Crippen LogP contribution in [0.5, 0.6) is 0 Å². The highest BCUT2D eigenvalue weighted by Crippen LogP contribution is 2.28. The van der Waals surface area contributed by atoms with Crippen molar-refractivity contribution in [3.63, 3.8) is 0 Å². The van der Waals surface area contributed by atoms with Crippen LogP contribution in [-0.2, 0) is 0 Å². The fourth-order valence-corrected chi connectivity index (χ4v) is 3.03. The Bertz CT molecular complexity index is 592. The zero-order chi connectivity index (χ0) is 18.1. The molecule has 3 N–H and O–H groups in total. The van der Waals surface area contributed by atoms with Crippen LogP contribution >= 0.6 is 0 Å². The number of nitrogens with one attached hydrogen (secondary N) is 1. The summed E-state index contributed by atoms with van der Waals surface area (Å²) in [5, 5.41) is 21.1. The van der Waals surface area contributed by atoms with E-state index in [4.69, 9.17) is 5.11 Å². The molecule has 0 aliphatic rings. The third kappa shape index (κ3) is 6.21. The third-order valence-corrected chi connectivity index (χ3v) is 3.99. The monoisotopic (exact) mass is 342 g/mol. The molecular weight excluding hydrogens is 316 g/mol. The van der Waals surface area contributed by atoms with Gasteiger partial charge in [-0.2, -0.15) is 0 Å². The van der Waals surface area contributed by atoms with Crippen molar-refractivity contribution in [3.8, 4) is 0 Å². The number of carboxylic acid groups (broad SMARTS) is 1. The SMILES string of the molecule is CC(O)CN(CCCNC(=O)O)C(c1ccccc1)c1ccccc1. The van der Waals surface area contributed by atoms with E-state index in [0.717, 1.165) is 11.1 Å². The number of carbonyl (C=O) groups is 1. The summed E-state index contributed by atoms with van der Waals surface area (Å²) in [6, 6.07) is 20.4. The van der Waals surface area contributed by atoms with Gasteiger partial charge in [-0.05, 0) is 24.5 Å². The first kappa shape index (κ1) is 19.0. The molecule has 2 rings (SSSR count). The second kappa shape index (κ2) is 9.81. The summed E-state index contributed by atoms with van der Waals surface area (Å²) < 4.78 is 0. The Balaban J connectivity index is 2.24. The normalized spacial score (nSPS) is 12.3. The second-order valence-corrected chi connectivity index (χ2v) is 6.15. The predicted molar refractivity (Wildman–Crippen MR) is 98.6 cm³/mol. The van der Waals surface area contributed by atoms with Crippen LogP contribution in [0.15, 0.2) is 60.7 Å². The van der Waals surface area contributed by atoms with Gasteiger partial charge in [0.1, 0.15) is 0 Å². The summed E-state index contributed by atoms with van der Waals surface area (Å²) >= 11 is 0. The molecule has 25 heavy (non-hydrogen) atoms. The minimum Gasteiger partial charge on any atom is -0.465 e. The van der Waals surface area contributed by atoms with Crippen molar-refractivity contribution in [2.24, 2.45) is 0 Å². The van der Waals surface area contributed by atoms with Gasteiger partial charge in [-0.1, -0.05) is 60.7 Å². The lowest BCUT2D eigenvalue weighted by molar-refractivity contribution is 0.107. The summed E-state index contributed by atoms with van der Waals surface area (Å²) in [4.78, 5) is 12.8. The lowest BCUT2D eigenvalue weighted by Crippen LogP contribution is -2.37. The van der Waals surface area contributed by atoms with Crippen LogP contribution in [-0.4, -0.2) is 46.9 Å². The van der Waals surface area contributed by atoms with Crippen LogP contribution in [0.2, 0.25) is 0 Å². The molecule has 0 saturated carbocycles. The molecular formula is C20H26N2O3. The molecule has 1 amide bonds. The van der Waals surface area contributed by atoms with E-state index in [1.165, 1.54) is 0 Å². The number of hydrogen-bond donors (Lipinski definition) is 3. The highest BCUT2D eigenvalue weighted by Gasteiger charge is 2.23. The molecule has 134 valence electrons. The number of nitrogens with zero attached hydrogens (tertiary/aromatic N) is 1. The Morgan fingerprint density at radius 3 is 2.00 bits per heavy atom. The van der Waals surface area contributed by atoms with Crippen molar-refractivity contribution in [2.45, 2.75) is 25.5 Å². The lowest BCUT2D eigenvalue weighted by atomic mass is 9.96. The van der Waals surface area contributed by atoms with Gasteiger partial charge in [0.05, 0.1) is 12.1 Å². The Labute approximate surface area is 148 Å². The van der Waals surface area contributed by atoms with Crippen LogP contribution < -0.4 is 5.32 Å². The number of rotatable bonds is 9. The molecule has 5 nitrogen and oxygen atoms in total. The highest BCUT2D eigenvalue weighted by atomic mass is 16.4. The first-order valence-corrected chi connectivity index (χ1v) is 8.56. The Morgan fingerprint density at radius 2 is 1.56 bits per heavy atom. The van der Waals surface area contributed by atoms with E-state index in [2.05, 4.69) is 34.5 Å². The predicted octanol–water partition coefficient (Wildman–Crippen LogP) is 3.12. The smallest absolute Gasteiger partial charge is 0.404 e. The molecule has 1 atom stereocenters.